The van der Waals surface area contributed by atoms with Gasteiger partial charge in [0.05, 0.1) is 15.6 Å². The number of phenolic OH excluding ortho intramolecular Hbond substituents is 1. The molecule has 0 spiro atoms. The van der Waals surface area contributed by atoms with E-state index in [2.05, 4.69) is 27.9 Å². The van der Waals surface area contributed by atoms with E-state index in [-0.39, 0.29) is 23.7 Å². The fourth-order valence-electron chi connectivity index (χ4n) is 1.63. The molecule has 0 saturated carbocycles. The van der Waals surface area contributed by atoms with E-state index in [4.69, 9.17) is 5.11 Å². The number of carbonyl (C=O) groups is 2. The molecule has 1 unspecified atom stereocenters. The first-order chi connectivity index (χ1) is 9.22. The van der Waals surface area contributed by atoms with Crippen LogP contribution in [-0.4, -0.2) is 28.1 Å². The van der Waals surface area contributed by atoms with E-state index < -0.39 is 17.9 Å². The van der Waals surface area contributed by atoms with Crippen LogP contribution in [0.2, 0.25) is 0 Å². The zero-order valence-electron chi connectivity index (χ0n) is 11.0. The SMILES string of the molecule is CC(C)C(CC(=O)O)NC(=O)c1cc(I)cc(I)c1O. The van der Waals surface area contributed by atoms with Gasteiger partial charge in [-0.1, -0.05) is 13.8 Å². The third kappa shape index (κ3) is 4.76. The van der Waals surface area contributed by atoms with Crippen molar-refractivity contribution < 1.29 is 19.8 Å². The zero-order valence-corrected chi connectivity index (χ0v) is 15.3. The molecule has 1 aromatic rings. The highest BCUT2D eigenvalue weighted by atomic mass is 127. The number of amides is 1. The minimum absolute atomic E-state index is 0.0148. The first kappa shape index (κ1) is 17.5. The van der Waals surface area contributed by atoms with Gasteiger partial charge in [0.2, 0.25) is 0 Å². The Hall–Kier alpha value is -0.580. The van der Waals surface area contributed by atoms with Crippen molar-refractivity contribution in [1.29, 1.82) is 0 Å². The van der Waals surface area contributed by atoms with E-state index in [0.29, 0.717) is 3.57 Å². The number of aromatic hydroxyl groups is 1. The number of carboxylic acid groups (broad SMARTS) is 1. The number of halogens is 2. The molecule has 0 bridgehead atoms. The molecule has 1 amide bonds. The van der Waals surface area contributed by atoms with Gasteiger partial charge in [-0.15, -0.1) is 0 Å². The summed E-state index contributed by atoms with van der Waals surface area (Å²) in [6, 6.07) is 2.85. The van der Waals surface area contributed by atoms with Crippen molar-refractivity contribution in [3.05, 3.63) is 24.8 Å². The van der Waals surface area contributed by atoms with Gasteiger partial charge in [0.15, 0.2) is 0 Å². The molecule has 110 valence electrons. The minimum atomic E-state index is -0.967. The average molecular weight is 503 g/mol. The molecule has 0 aromatic heterocycles. The third-order valence-corrected chi connectivity index (χ3v) is 4.23. The van der Waals surface area contributed by atoms with Gasteiger partial charge >= 0.3 is 5.97 Å². The standard InChI is InChI=1S/C13H15I2NO4/c1-6(2)10(5-11(17)18)16-13(20)8-3-7(14)4-9(15)12(8)19/h3-4,6,10,19H,5H2,1-2H3,(H,16,20)(H,17,18). The number of carbonyl (C=O) groups excluding carboxylic acids is 1. The molecule has 1 aromatic carbocycles. The van der Waals surface area contributed by atoms with Crippen molar-refractivity contribution in [2.24, 2.45) is 5.92 Å². The number of benzene rings is 1. The van der Waals surface area contributed by atoms with Gasteiger partial charge in [-0.25, -0.2) is 0 Å². The highest BCUT2D eigenvalue weighted by Gasteiger charge is 2.22. The lowest BCUT2D eigenvalue weighted by atomic mass is 10.0. The second-order valence-corrected chi connectivity index (χ2v) is 7.11. The Balaban J connectivity index is 2.97. The molecule has 7 heteroatoms. The summed E-state index contributed by atoms with van der Waals surface area (Å²) in [7, 11) is 0. The smallest absolute Gasteiger partial charge is 0.305 e. The Morgan fingerprint density at radius 2 is 1.90 bits per heavy atom. The van der Waals surface area contributed by atoms with Crippen LogP contribution in [0.25, 0.3) is 0 Å². The number of hydrogen-bond donors (Lipinski definition) is 3. The fraction of sp³-hybridized carbons (Fsp3) is 0.385. The van der Waals surface area contributed by atoms with Crippen LogP contribution < -0.4 is 5.32 Å². The topological polar surface area (TPSA) is 86.6 Å². The summed E-state index contributed by atoms with van der Waals surface area (Å²) in [6.07, 6.45) is -0.148. The van der Waals surface area contributed by atoms with Crippen LogP contribution in [0.3, 0.4) is 0 Å². The molecule has 0 aliphatic rings. The summed E-state index contributed by atoms with van der Waals surface area (Å²) in [5.41, 5.74) is 0.164. The van der Waals surface area contributed by atoms with Crippen molar-refractivity contribution in [2.45, 2.75) is 26.3 Å². The van der Waals surface area contributed by atoms with Gasteiger partial charge < -0.3 is 15.5 Å². The van der Waals surface area contributed by atoms with Crippen LogP contribution in [0, 0.1) is 13.1 Å². The molecule has 0 heterocycles. The maximum Gasteiger partial charge on any atom is 0.305 e. The van der Waals surface area contributed by atoms with E-state index in [0.717, 1.165) is 3.57 Å². The van der Waals surface area contributed by atoms with Crippen molar-refractivity contribution in [3.63, 3.8) is 0 Å². The molecule has 0 saturated heterocycles. The Labute approximate surface area is 144 Å². The van der Waals surface area contributed by atoms with Gasteiger partial charge in [-0.05, 0) is 63.2 Å². The van der Waals surface area contributed by atoms with E-state index in [1.54, 1.807) is 12.1 Å². The molecule has 0 radical (unpaired) electrons. The van der Waals surface area contributed by atoms with Crippen molar-refractivity contribution in [2.75, 3.05) is 0 Å². The second kappa shape index (κ2) is 7.43. The molecule has 20 heavy (non-hydrogen) atoms. The molecule has 0 aliphatic heterocycles. The predicted octanol–water partition coefficient (Wildman–Crippen LogP) is 2.83. The number of aliphatic carboxylic acids is 1. The molecule has 0 aliphatic carbocycles. The molecule has 1 rings (SSSR count). The molecular weight excluding hydrogens is 488 g/mol. The summed E-state index contributed by atoms with van der Waals surface area (Å²) in [5.74, 6) is -1.52. The summed E-state index contributed by atoms with van der Waals surface area (Å²) < 4.78 is 1.41. The Morgan fingerprint density at radius 1 is 1.30 bits per heavy atom. The average Bonchev–Trinajstić information content (AvgIpc) is 2.32. The summed E-state index contributed by atoms with van der Waals surface area (Å²) in [5, 5.41) is 21.5. The third-order valence-electron chi connectivity index (χ3n) is 2.79. The number of rotatable bonds is 5. The van der Waals surface area contributed by atoms with Crippen LogP contribution in [-0.2, 0) is 4.79 Å². The molecular formula is C13H15I2NO4. The van der Waals surface area contributed by atoms with E-state index in [9.17, 15) is 14.7 Å². The van der Waals surface area contributed by atoms with Crippen LogP contribution in [0.15, 0.2) is 12.1 Å². The van der Waals surface area contributed by atoms with E-state index >= 15 is 0 Å². The summed E-state index contributed by atoms with van der Waals surface area (Å²) >= 11 is 4.01. The van der Waals surface area contributed by atoms with Crippen LogP contribution >= 0.6 is 45.2 Å². The van der Waals surface area contributed by atoms with Crippen LogP contribution in [0.4, 0.5) is 0 Å². The van der Waals surface area contributed by atoms with Gasteiger partial charge in [0.1, 0.15) is 5.75 Å². The monoisotopic (exact) mass is 503 g/mol. The second-order valence-electron chi connectivity index (χ2n) is 4.71. The highest BCUT2D eigenvalue weighted by molar-refractivity contribution is 14.1. The fourth-order valence-corrected chi connectivity index (χ4v) is 3.47. The van der Waals surface area contributed by atoms with Gasteiger partial charge in [0, 0.05) is 9.61 Å². The Morgan fingerprint density at radius 3 is 2.40 bits per heavy atom. The predicted molar refractivity (Wildman–Crippen MR) is 91.9 cm³/mol. The van der Waals surface area contributed by atoms with Gasteiger partial charge in [-0.2, -0.15) is 0 Å². The van der Waals surface area contributed by atoms with Gasteiger partial charge in [-0.3, -0.25) is 9.59 Å². The number of nitrogens with one attached hydrogen (secondary N) is 1. The number of phenols is 1. The molecule has 0 fully saturated rings. The number of carboxylic acids is 1. The highest BCUT2D eigenvalue weighted by Crippen LogP contribution is 2.27. The quantitative estimate of drug-likeness (QED) is 0.540. The summed E-state index contributed by atoms with van der Waals surface area (Å²) in [6.45, 7) is 3.68. The Bertz CT molecular complexity index is 531. The summed E-state index contributed by atoms with van der Waals surface area (Å²) in [4.78, 5) is 23.0. The largest absolute Gasteiger partial charge is 0.506 e. The lowest BCUT2D eigenvalue weighted by Crippen LogP contribution is -2.40. The number of hydrogen-bond acceptors (Lipinski definition) is 3. The minimum Gasteiger partial charge on any atom is -0.506 e. The van der Waals surface area contributed by atoms with Crippen LogP contribution in [0.5, 0.6) is 5.75 Å². The maximum absolute atomic E-state index is 12.2. The molecule has 5 nitrogen and oxygen atoms in total. The van der Waals surface area contributed by atoms with E-state index in [1.165, 1.54) is 0 Å². The van der Waals surface area contributed by atoms with Gasteiger partial charge in [0.25, 0.3) is 5.91 Å². The van der Waals surface area contributed by atoms with Crippen molar-refractivity contribution in [3.8, 4) is 5.75 Å². The lowest BCUT2D eigenvalue weighted by molar-refractivity contribution is -0.137. The van der Waals surface area contributed by atoms with Crippen molar-refractivity contribution >= 4 is 57.1 Å². The normalized spacial score (nSPS) is 12.2. The molecule has 1 atom stereocenters. The van der Waals surface area contributed by atoms with Crippen LogP contribution in [0.1, 0.15) is 30.6 Å². The lowest BCUT2D eigenvalue weighted by Gasteiger charge is -2.21. The molecule has 3 N–H and O–H groups in total. The first-order valence-electron chi connectivity index (χ1n) is 5.93. The van der Waals surface area contributed by atoms with E-state index in [1.807, 2.05) is 36.4 Å². The maximum atomic E-state index is 12.2. The zero-order chi connectivity index (χ0) is 15.4. The first-order valence-corrected chi connectivity index (χ1v) is 8.08. The Kier molecular flexibility index (Phi) is 6.49. The van der Waals surface area contributed by atoms with Crippen molar-refractivity contribution in [1.82, 2.24) is 5.32 Å².